The Morgan fingerprint density at radius 2 is 2.09 bits per heavy atom. The minimum atomic E-state index is -0.151. The number of aryl methyl sites for hydroxylation is 1. The van der Waals surface area contributed by atoms with Crippen molar-refractivity contribution in [3.8, 4) is 5.75 Å². The van der Waals surface area contributed by atoms with E-state index in [0.29, 0.717) is 29.4 Å². The molecule has 0 amide bonds. The molecular formula is C20H26O2. The molecule has 1 aromatic carbocycles. The van der Waals surface area contributed by atoms with E-state index in [1.54, 1.807) is 0 Å². The third-order valence-electron chi connectivity index (χ3n) is 7.01. The summed E-state index contributed by atoms with van der Waals surface area (Å²) in [6, 6.07) is 5.91. The Kier molecular flexibility index (Phi) is 3.16. The van der Waals surface area contributed by atoms with Crippen molar-refractivity contribution in [2.45, 2.75) is 51.0 Å². The van der Waals surface area contributed by atoms with Crippen LogP contribution in [0.25, 0.3) is 0 Å². The lowest BCUT2D eigenvalue weighted by molar-refractivity contribution is -0.0383. The fraction of sp³-hybridized carbons (Fsp3) is 0.600. The summed E-state index contributed by atoms with van der Waals surface area (Å²) in [6.45, 7) is 6.41. The largest absolute Gasteiger partial charge is 0.508 e. The molecule has 0 spiro atoms. The highest BCUT2D eigenvalue weighted by molar-refractivity contribution is 5.41. The SMILES string of the molecule is C=C[C@H]1CC2(C)C(O)CCC2C2CCc3cc(O)ccc3C21. The monoisotopic (exact) mass is 298 g/mol. The van der Waals surface area contributed by atoms with Crippen LogP contribution < -0.4 is 0 Å². The Labute approximate surface area is 132 Å². The second kappa shape index (κ2) is 4.86. The molecule has 3 aliphatic carbocycles. The molecule has 0 heterocycles. The molecule has 118 valence electrons. The van der Waals surface area contributed by atoms with Gasteiger partial charge in [0.25, 0.3) is 0 Å². The third kappa shape index (κ3) is 1.83. The molecular weight excluding hydrogens is 272 g/mol. The zero-order chi connectivity index (χ0) is 15.5. The Hall–Kier alpha value is -1.28. The van der Waals surface area contributed by atoms with Gasteiger partial charge in [-0.2, -0.15) is 0 Å². The summed E-state index contributed by atoms with van der Waals surface area (Å²) in [7, 11) is 0. The van der Waals surface area contributed by atoms with Gasteiger partial charge < -0.3 is 10.2 Å². The minimum Gasteiger partial charge on any atom is -0.508 e. The van der Waals surface area contributed by atoms with Crippen LogP contribution in [-0.2, 0) is 6.42 Å². The molecule has 0 aromatic heterocycles. The molecule has 0 saturated heterocycles. The van der Waals surface area contributed by atoms with E-state index in [1.807, 2.05) is 12.1 Å². The van der Waals surface area contributed by atoms with E-state index >= 15 is 0 Å². The molecule has 2 saturated carbocycles. The second-order valence-electron chi connectivity index (χ2n) is 7.92. The number of aliphatic hydroxyl groups is 1. The molecule has 3 aliphatic rings. The van der Waals surface area contributed by atoms with Crippen LogP contribution in [0, 0.1) is 23.2 Å². The maximum atomic E-state index is 10.6. The number of benzene rings is 1. The number of rotatable bonds is 1. The number of phenols is 1. The normalized spacial score (nSPS) is 43.1. The van der Waals surface area contributed by atoms with Crippen molar-refractivity contribution in [3.63, 3.8) is 0 Å². The van der Waals surface area contributed by atoms with Crippen LogP contribution >= 0.6 is 0 Å². The van der Waals surface area contributed by atoms with Crippen LogP contribution in [0.4, 0.5) is 0 Å². The fourth-order valence-corrected chi connectivity index (χ4v) is 5.97. The first-order chi connectivity index (χ1) is 10.5. The zero-order valence-corrected chi connectivity index (χ0v) is 13.3. The van der Waals surface area contributed by atoms with Crippen molar-refractivity contribution in [2.75, 3.05) is 0 Å². The molecule has 2 fully saturated rings. The number of phenolic OH excluding ortho intramolecular Hbond substituents is 1. The summed E-state index contributed by atoms with van der Waals surface area (Å²) in [5.74, 6) is 2.61. The Balaban J connectivity index is 1.79. The molecule has 4 rings (SSSR count). The predicted molar refractivity (Wildman–Crippen MR) is 87.8 cm³/mol. The first kappa shape index (κ1) is 14.3. The molecule has 22 heavy (non-hydrogen) atoms. The van der Waals surface area contributed by atoms with Gasteiger partial charge in [-0.05, 0) is 84.5 Å². The van der Waals surface area contributed by atoms with Crippen molar-refractivity contribution in [2.24, 2.45) is 23.2 Å². The quantitative estimate of drug-likeness (QED) is 0.769. The highest BCUT2D eigenvalue weighted by Gasteiger charge is 2.56. The minimum absolute atomic E-state index is 0.0639. The number of allylic oxidation sites excluding steroid dienone is 1. The van der Waals surface area contributed by atoms with Crippen LogP contribution in [0.15, 0.2) is 30.9 Å². The van der Waals surface area contributed by atoms with Crippen LogP contribution in [0.2, 0.25) is 0 Å². The van der Waals surface area contributed by atoms with E-state index in [0.717, 1.165) is 25.7 Å². The van der Waals surface area contributed by atoms with Gasteiger partial charge in [0.05, 0.1) is 6.10 Å². The Bertz CT molecular complexity index is 608. The molecule has 0 aliphatic heterocycles. The molecule has 0 bridgehead atoms. The number of aliphatic hydroxyl groups excluding tert-OH is 1. The highest BCUT2D eigenvalue weighted by Crippen LogP contribution is 2.62. The van der Waals surface area contributed by atoms with Gasteiger partial charge >= 0.3 is 0 Å². The topological polar surface area (TPSA) is 40.5 Å². The first-order valence-electron chi connectivity index (χ1n) is 8.67. The number of fused-ring (bicyclic) bond motifs is 5. The van der Waals surface area contributed by atoms with Crippen molar-refractivity contribution in [3.05, 3.63) is 42.0 Å². The van der Waals surface area contributed by atoms with E-state index in [1.165, 1.54) is 17.5 Å². The fourth-order valence-electron chi connectivity index (χ4n) is 5.97. The van der Waals surface area contributed by atoms with Gasteiger partial charge in [0.15, 0.2) is 0 Å². The van der Waals surface area contributed by atoms with E-state index in [4.69, 9.17) is 0 Å². The van der Waals surface area contributed by atoms with Gasteiger partial charge in [0, 0.05) is 0 Å². The summed E-state index contributed by atoms with van der Waals surface area (Å²) in [6.07, 6.45) is 7.36. The number of hydrogen-bond donors (Lipinski definition) is 2. The Morgan fingerprint density at radius 1 is 1.27 bits per heavy atom. The summed E-state index contributed by atoms with van der Waals surface area (Å²) in [5, 5.41) is 20.3. The zero-order valence-electron chi connectivity index (χ0n) is 13.3. The van der Waals surface area contributed by atoms with Crippen LogP contribution in [0.1, 0.15) is 49.7 Å². The van der Waals surface area contributed by atoms with Crippen LogP contribution in [0.3, 0.4) is 0 Å². The number of aromatic hydroxyl groups is 1. The average Bonchev–Trinajstić information content (AvgIpc) is 2.81. The van der Waals surface area contributed by atoms with Crippen molar-refractivity contribution >= 4 is 0 Å². The first-order valence-corrected chi connectivity index (χ1v) is 8.67. The van der Waals surface area contributed by atoms with Gasteiger partial charge in [-0.1, -0.05) is 19.1 Å². The summed E-state index contributed by atoms with van der Waals surface area (Å²) in [5.41, 5.74) is 2.80. The van der Waals surface area contributed by atoms with Crippen molar-refractivity contribution in [1.29, 1.82) is 0 Å². The third-order valence-corrected chi connectivity index (χ3v) is 7.01. The molecule has 6 atom stereocenters. The maximum Gasteiger partial charge on any atom is 0.115 e. The number of hydrogen-bond acceptors (Lipinski definition) is 2. The lowest BCUT2D eigenvalue weighted by atomic mass is 9.52. The smallest absolute Gasteiger partial charge is 0.115 e. The van der Waals surface area contributed by atoms with E-state index < -0.39 is 0 Å². The lowest BCUT2D eigenvalue weighted by Gasteiger charge is -2.53. The van der Waals surface area contributed by atoms with Gasteiger partial charge in [-0.25, -0.2) is 0 Å². The van der Waals surface area contributed by atoms with E-state index in [2.05, 4.69) is 25.6 Å². The molecule has 1 aromatic rings. The Morgan fingerprint density at radius 3 is 2.86 bits per heavy atom. The van der Waals surface area contributed by atoms with Crippen LogP contribution in [-0.4, -0.2) is 16.3 Å². The van der Waals surface area contributed by atoms with Crippen molar-refractivity contribution in [1.82, 2.24) is 0 Å². The van der Waals surface area contributed by atoms with Gasteiger partial charge in [0.1, 0.15) is 5.75 Å². The van der Waals surface area contributed by atoms with Gasteiger partial charge in [0.2, 0.25) is 0 Å². The molecule has 2 nitrogen and oxygen atoms in total. The van der Waals surface area contributed by atoms with Crippen LogP contribution in [0.5, 0.6) is 5.75 Å². The van der Waals surface area contributed by atoms with Crippen molar-refractivity contribution < 1.29 is 10.2 Å². The molecule has 2 heteroatoms. The lowest BCUT2D eigenvalue weighted by Crippen LogP contribution is -2.47. The summed E-state index contributed by atoms with van der Waals surface area (Å²) < 4.78 is 0. The van der Waals surface area contributed by atoms with Gasteiger partial charge in [-0.15, -0.1) is 6.58 Å². The average molecular weight is 298 g/mol. The molecule has 5 unspecified atom stereocenters. The molecule has 2 N–H and O–H groups in total. The predicted octanol–water partition coefficient (Wildman–Crippen LogP) is 4.02. The second-order valence-corrected chi connectivity index (χ2v) is 7.92. The molecule has 0 radical (unpaired) electrons. The van der Waals surface area contributed by atoms with Gasteiger partial charge in [-0.3, -0.25) is 0 Å². The standard InChI is InChI=1S/C20H26O2/c1-3-12-11-20(2)17(8-9-18(20)22)16-6-4-13-10-14(21)5-7-15(13)19(12)16/h3,5,7,10,12,16-19,21-22H,1,4,6,8-9,11H2,2H3/t12-,16?,17?,18?,19?,20?/m0/s1. The summed E-state index contributed by atoms with van der Waals surface area (Å²) >= 11 is 0. The highest BCUT2D eigenvalue weighted by atomic mass is 16.3. The van der Waals surface area contributed by atoms with E-state index in [-0.39, 0.29) is 11.5 Å². The van der Waals surface area contributed by atoms with E-state index in [9.17, 15) is 10.2 Å². The summed E-state index contributed by atoms with van der Waals surface area (Å²) in [4.78, 5) is 0. The maximum absolute atomic E-state index is 10.6.